The number of urea groups is 1. The van der Waals surface area contributed by atoms with Crippen molar-refractivity contribution in [1.29, 1.82) is 0 Å². The molecule has 0 spiro atoms. The summed E-state index contributed by atoms with van der Waals surface area (Å²) in [5, 5.41) is 3.22. The van der Waals surface area contributed by atoms with Gasteiger partial charge in [0, 0.05) is 32.7 Å². The molecule has 9 heteroatoms. The summed E-state index contributed by atoms with van der Waals surface area (Å²) in [5.74, 6) is 0.250. The minimum absolute atomic E-state index is 0.0547. The average Bonchev–Trinajstić information content (AvgIpc) is 2.74. The summed E-state index contributed by atoms with van der Waals surface area (Å²) in [4.78, 5) is 45.3. The molecule has 1 N–H and O–H groups in total. The van der Waals surface area contributed by atoms with Crippen LogP contribution in [0, 0.1) is 0 Å². The lowest BCUT2D eigenvalue weighted by Gasteiger charge is -2.42. The Morgan fingerprint density at radius 3 is 2.73 bits per heavy atom. The highest BCUT2D eigenvalue weighted by Crippen LogP contribution is 2.22. The van der Waals surface area contributed by atoms with Crippen LogP contribution in [0.25, 0.3) is 10.9 Å². The van der Waals surface area contributed by atoms with Crippen molar-refractivity contribution in [1.82, 2.24) is 24.7 Å². The number of hydrogen-bond acceptors (Lipinski definition) is 6. The van der Waals surface area contributed by atoms with E-state index in [4.69, 9.17) is 9.72 Å². The normalized spacial score (nSPS) is 18.3. The van der Waals surface area contributed by atoms with Crippen molar-refractivity contribution in [3.8, 4) is 0 Å². The van der Waals surface area contributed by atoms with Gasteiger partial charge in [-0.15, -0.1) is 0 Å². The van der Waals surface area contributed by atoms with Gasteiger partial charge >= 0.3 is 12.0 Å². The minimum Gasteiger partial charge on any atom is -0.465 e. The Bertz CT molecular complexity index is 989. The smallest absolute Gasteiger partial charge is 0.325 e. The highest BCUT2D eigenvalue weighted by atomic mass is 16.5. The third-order valence-electron chi connectivity index (χ3n) is 5.55. The third kappa shape index (κ3) is 4.46. The van der Waals surface area contributed by atoms with Crippen molar-refractivity contribution in [2.45, 2.75) is 32.9 Å². The van der Waals surface area contributed by atoms with E-state index in [9.17, 15) is 14.4 Å². The lowest BCUT2D eigenvalue weighted by atomic mass is 10.1. The average molecular weight is 415 g/mol. The Kier molecular flexibility index (Phi) is 6.71. The number of esters is 1. The summed E-state index contributed by atoms with van der Waals surface area (Å²) >= 11 is 0. The predicted molar refractivity (Wildman–Crippen MR) is 113 cm³/mol. The number of hydrogen-bond donors (Lipinski definition) is 1. The maximum absolute atomic E-state index is 12.7. The maximum atomic E-state index is 12.7. The van der Waals surface area contributed by atoms with Crippen LogP contribution in [0.15, 0.2) is 29.1 Å². The van der Waals surface area contributed by atoms with Crippen LogP contribution >= 0.6 is 0 Å². The van der Waals surface area contributed by atoms with Gasteiger partial charge in [-0.05, 0) is 32.9 Å². The van der Waals surface area contributed by atoms with E-state index in [0.29, 0.717) is 36.4 Å². The summed E-state index contributed by atoms with van der Waals surface area (Å²) in [6.07, 6.45) is 0. The van der Waals surface area contributed by atoms with Gasteiger partial charge < -0.3 is 15.0 Å². The number of nitrogens with one attached hydrogen (secondary N) is 1. The van der Waals surface area contributed by atoms with Gasteiger partial charge in [-0.1, -0.05) is 12.1 Å². The largest absolute Gasteiger partial charge is 0.465 e. The number of fused-ring (bicyclic) bond motifs is 1. The second kappa shape index (κ2) is 9.25. The summed E-state index contributed by atoms with van der Waals surface area (Å²) in [5.41, 5.74) is 0.625. The van der Waals surface area contributed by atoms with Crippen LogP contribution in [0.3, 0.4) is 0 Å². The second-order valence-electron chi connectivity index (χ2n) is 7.53. The molecule has 0 aliphatic carbocycles. The fraction of sp³-hybridized carbons (Fsp3) is 0.524. The molecule has 30 heavy (non-hydrogen) atoms. The molecule has 1 aromatic heterocycles. The summed E-state index contributed by atoms with van der Waals surface area (Å²) in [7, 11) is 1.75. The first-order valence-electron chi connectivity index (χ1n) is 10.2. The van der Waals surface area contributed by atoms with Gasteiger partial charge in [-0.3, -0.25) is 19.1 Å². The molecule has 0 radical (unpaired) electrons. The van der Waals surface area contributed by atoms with Crippen LogP contribution in [-0.2, 0) is 16.6 Å². The van der Waals surface area contributed by atoms with Crippen LogP contribution in [0.2, 0.25) is 0 Å². The third-order valence-corrected chi connectivity index (χ3v) is 5.55. The first kappa shape index (κ1) is 21.8. The number of amides is 2. The number of piperazine rings is 1. The number of carbonyl (C=O) groups is 2. The number of aromatic nitrogens is 2. The van der Waals surface area contributed by atoms with Gasteiger partial charge in [0.05, 0.1) is 23.6 Å². The Balaban J connectivity index is 1.69. The van der Waals surface area contributed by atoms with Gasteiger partial charge in [0.1, 0.15) is 12.4 Å². The van der Waals surface area contributed by atoms with Gasteiger partial charge in [0.2, 0.25) is 0 Å². The monoisotopic (exact) mass is 415 g/mol. The highest BCUT2D eigenvalue weighted by Gasteiger charge is 2.31. The second-order valence-corrected chi connectivity index (χ2v) is 7.53. The van der Waals surface area contributed by atoms with Crippen molar-refractivity contribution in [2.24, 2.45) is 7.05 Å². The molecule has 0 bridgehead atoms. The van der Waals surface area contributed by atoms with Gasteiger partial charge in [0.15, 0.2) is 0 Å². The summed E-state index contributed by atoms with van der Waals surface area (Å²) < 4.78 is 6.45. The number of rotatable bonds is 5. The summed E-state index contributed by atoms with van der Waals surface area (Å²) in [6.45, 7) is 7.66. The zero-order valence-corrected chi connectivity index (χ0v) is 17.9. The first-order chi connectivity index (χ1) is 14.3. The Morgan fingerprint density at radius 1 is 1.30 bits per heavy atom. The number of para-hydroxylation sites is 1. The molecule has 1 aliphatic heterocycles. The minimum atomic E-state index is -0.450. The number of benzene rings is 1. The molecule has 1 aromatic carbocycles. The molecule has 1 aliphatic rings. The predicted octanol–water partition coefficient (Wildman–Crippen LogP) is 1.27. The SMILES string of the molecule is CCOC(=O)CNC(=O)N1CCN(C(C)c2nc3ccccc3c(=O)n2C)CC1C. The first-order valence-corrected chi connectivity index (χ1v) is 10.2. The van der Waals surface area contributed by atoms with E-state index in [0.717, 1.165) is 0 Å². The van der Waals surface area contributed by atoms with Crippen LogP contribution < -0.4 is 10.9 Å². The van der Waals surface area contributed by atoms with E-state index in [1.807, 2.05) is 32.0 Å². The molecule has 2 unspecified atom stereocenters. The van der Waals surface area contributed by atoms with Crippen LogP contribution in [0.1, 0.15) is 32.6 Å². The fourth-order valence-corrected chi connectivity index (χ4v) is 3.87. The zero-order valence-electron chi connectivity index (χ0n) is 17.9. The van der Waals surface area contributed by atoms with Gasteiger partial charge in [-0.25, -0.2) is 9.78 Å². The Morgan fingerprint density at radius 2 is 2.03 bits per heavy atom. The van der Waals surface area contributed by atoms with E-state index >= 15 is 0 Å². The summed E-state index contributed by atoms with van der Waals surface area (Å²) in [6, 6.07) is 6.93. The molecule has 1 fully saturated rings. The fourth-order valence-electron chi connectivity index (χ4n) is 3.87. The number of ether oxygens (including phenoxy) is 1. The van der Waals surface area contributed by atoms with Crippen LogP contribution in [0.5, 0.6) is 0 Å². The molecule has 1 saturated heterocycles. The molecule has 9 nitrogen and oxygen atoms in total. The molecule has 2 atom stereocenters. The number of nitrogens with zero attached hydrogens (tertiary/aromatic N) is 4. The van der Waals surface area contributed by atoms with Gasteiger partial charge in [0.25, 0.3) is 5.56 Å². The standard InChI is InChI=1S/C21H29N5O4/c1-5-30-18(27)12-22-21(29)26-11-10-25(13-14(26)2)15(3)19-23-17-9-7-6-8-16(17)20(28)24(19)4/h6-9,14-15H,5,10-13H2,1-4H3,(H,22,29). The molecular formula is C21H29N5O4. The van der Waals surface area contributed by atoms with Gasteiger partial charge in [-0.2, -0.15) is 0 Å². The lowest BCUT2D eigenvalue weighted by Crippen LogP contribution is -2.57. The van der Waals surface area contributed by atoms with E-state index < -0.39 is 5.97 Å². The molecule has 2 heterocycles. The van der Waals surface area contributed by atoms with Crippen LogP contribution in [-0.4, -0.2) is 70.2 Å². The molecule has 2 amide bonds. The van der Waals surface area contributed by atoms with E-state index in [-0.39, 0.29) is 36.8 Å². The van der Waals surface area contributed by atoms with Crippen molar-refractivity contribution < 1.29 is 14.3 Å². The van der Waals surface area contributed by atoms with E-state index in [1.165, 1.54) is 0 Å². The highest BCUT2D eigenvalue weighted by molar-refractivity contribution is 5.81. The topological polar surface area (TPSA) is 96.8 Å². The van der Waals surface area contributed by atoms with E-state index in [2.05, 4.69) is 10.2 Å². The molecule has 162 valence electrons. The van der Waals surface area contributed by atoms with Crippen molar-refractivity contribution in [3.05, 3.63) is 40.4 Å². The van der Waals surface area contributed by atoms with Crippen molar-refractivity contribution in [2.75, 3.05) is 32.8 Å². The molecule has 2 aromatic rings. The molecule has 0 saturated carbocycles. The van der Waals surface area contributed by atoms with Crippen LogP contribution in [0.4, 0.5) is 4.79 Å². The van der Waals surface area contributed by atoms with Crippen molar-refractivity contribution in [3.63, 3.8) is 0 Å². The maximum Gasteiger partial charge on any atom is 0.325 e. The Hall–Kier alpha value is -2.94. The zero-order chi connectivity index (χ0) is 21.8. The quantitative estimate of drug-likeness (QED) is 0.739. The molecular weight excluding hydrogens is 386 g/mol. The lowest BCUT2D eigenvalue weighted by molar-refractivity contribution is -0.141. The number of carbonyl (C=O) groups excluding carboxylic acids is 2. The van der Waals surface area contributed by atoms with E-state index in [1.54, 1.807) is 29.5 Å². The van der Waals surface area contributed by atoms with Crippen molar-refractivity contribution >= 4 is 22.9 Å². The Labute approximate surface area is 175 Å². The molecule has 3 rings (SSSR count).